The van der Waals surface area contributed by atoms with E-state index < -0.39 is 5.82 Å². The van der Waals surface area contributed by atoms with E-state index in [0.29, 0.717) is 31.1 Å². The molecule has 0 amide bonds. The van der Waals surface area contributed by atoms with Gasteiger partial charge in [0.25, 0.3) is 0 Å². The summed E-state index contributed by atoms with van der Waals surface area (Å²) in [6.07, 6.45) is 3.94. The second kappa shape index (κ2) is 8.00. The topological polar surface area (TPSA) is 58.3 Å². The lowest BCUT2D eigenvalue weighted by Gasteiger charge is -2.29. The van der Waals surface area contributed by atoms with Gasteiger partial charge in [-0.3, -0.25) is 4.98 Å². The van der Waals surface area contributed by atoms with Gasteiger partial charge >= 0.3 is 0 Å². The fourth-order valence-electron chi connectivity index (χ4n) is 3.90. The third kappa shape index (κ3) is 3.76. The monoisotopic (exact) mass is 410 g/mol. The Balaban J connectivity index is 1.34. The van der Waals surface area contributed by atoms with Crippen molar-refractivity contribution < 1.29 is 4.39 Å². The summed E-state index contributed by atoms with van der Waals surface area (Å²) in [5.41, 5.74) is 3.77. The van der Waals surface area contributed by atoms with Crippen LogP contribution in [-0.4, -0.2) is 21.5 Å². The van der Waals surface area contributed by atoms with Crippen molar-refractivity contribution in [2.75, 3.05) is 16.8 Å². The third-order valence-corrected chi connectivity index (χ3v) is 5.51. The van der Waals surface area contributed by atoms with Crippen molar-refractivity contribution in [3.8, 4) is 0 Å². The Kier molecular flexibility index (Phi) is 4.89. The summed E-state index contributed by atoms with van der Waals surface area (Å²) in [4.78, 5) is 18.1. The first-order chi connectivity index (χ1) is 15.2. The number of hydrogen-bond acceptors (Lipinski definition) is 5. The zero-order valence-corrected chi connectivity index (χ0v) is 16.7. The molecule has 0 atom stereocenters. The molecule has 6 nitrogen and oxygen atoms in total. The highest BCUT2D eigenvalue weighted by molar-refractivity contribution is 5.86. The molecule has 0 bridgehead atoms. The maximum absolute atomic E-state index is 15.2. The summed E-state index contributed by atoms with van der Waals surface area (Å²) in [7, 11) is 0. The van der Waals surface area contributed by atoms with Gasteiger partial charge in [-0.15, -0.1) is 0 Å². The first-order valence-corrected chi connectivity index (χ1v) is 10.0. The van der Waals surface area contributed by atoms with E-state index in [0.717, 1.165) is 34.0 Å². The Morgan fingerprint density at radius 3 is 2.84 bits per heavy atom. The Bertz CT molecular complexity index is 1310. The van der Waals surface area contributed by atoms with E-state index in [1.807, 2.05) is 47.4 Å². The maximum atomic E-state index is 15.2. The number of anilines is 2. The molecule has 1 aliphatic heterocycles. The van der Waals surface area contributed by atoms with Crippen molar-refractivity contribution in [1.82, 2.24) is 15.0 Å². The van der Waals surface area contributed by atoms with Crippen LogP contribution in [0.3, 0.4) is 0 Å². The normalized spacial score (nSPS) is 13.0. The Morgan fingerprint density at radius 1 is 1.06 bits per heavy atom. The number of benzene rings is 2. The molecule has 7 heteroatoms. The van der Waals surface area contributed by atoms with Crippen molar-refractivity contribution in [1.29, 1.82) is 0 Å². The second-order valence-electron chi connectivity index (χ2n) is 7.47. The highest BCUT2D eigenvalue weighted by Gasteiger charge is 2.22. The summed E-state index contributed by atoms with van der Waals surface area (Å²) in [5.74, 6) is 0.0416. The summed E-state index contributed by atoms with van der Waals surface area (Å²) in [6, 6.07) is 15.5. The zero-order valence-electron chi connectivity index (χ0n) is 16.7. The molecular formula is C24H19FN6. The molecule has 1 aliphatic rings. The molecule has 0 spiro atoms. The van der Waals surface area contributed by atoms with Gasteiger partial charge in [-0.1, -0.05) is 30.3 Å². The van der Waals surface area contributed by atoms with Gasteiger partial charge in [0.15, 0.2) is 17.3 Å². The van der Waals surface area contributed by atoms with Gasteiger partial charge < -0.3 is 10.2 Å². The van der Waals surface area contributed by atoms with Crippen LogP contribution in [-0.2, 0) is 19.5 Å². The zero-order chi connectivity index (χ0) is 21.2. The minimum absolute atomic E-state index is 0.186. The molecule has 5 rings (SSSR count). The van der Waals surface area contributed by atoms with Gasteiger partial charge in [0.1, 0.15) is 6.33 Å². The minimum Gasteiger partial charge on any atom is -0.363 e. The van der Waals surface area contributed by atoms with Crippen molar-refractivity contribution >= 4 is 28.1 Å². The number of nitrogens with zero attached hydrogens (tertiary/aromatic N) is 5. The summed E-state index contributed by atoms with van der Waals surface area (Å²) in [5, 5.41) is 5.15. The number of aromatic nitrogens is 3. The highest BCUT2D eigenvalue weighted by Crippen LogP contribution is 2.27. The van der Waals surface area contributed by atoms with E-state index in [1.165, 1.54) is 6.33 Å². The van der Waals surface area contributed by atoms with Crippen LogP contribution in [0.2, 0.25) is 0 Å². The molecule has 0 saturated heterocycles. The molecule has 0 saturated carbocycles. The highest BCUT2D eigenvalue weighted by atomic mass is 19.1. The number of nitrogens with one attached hydrogen (secondary N) is 1. The van der Waals surface area contributed by atoms with Crippen LogP contribution >= 0.6 is 0 Å². The van der Waals surface area contributed by atoms with Crippen LogP contribution in [0.5, 0.6) is 0 Å². The van der Waals surface area contributed by atoms with E-state index in [4.69, 9.17) is 6.57 Å². The first kappa shape index (κ1) is 18.9. The summed E-state index contributed by atoms with van der Waals surface area (Å²) < 4.78 is 15.2. The lowest BCUT2D eigenvalue weighted by atomic mass is 10.1. The quantitative estimate of drug-likeness (QED) is 0.486. The number of pyridine rings is 1. The number of halogens is 1. The van der Waals surface area contributed by atoms with Crippen LogP contribution < -0.4 is 10.2 Å². The summed E-state index contributed by atoms with van der Waals surface area (Å²) >= 11 is 0. The lowest BCUT2D eigenvalue weighted by Crippen LogP contribution is -2.32. The molecule has 3 heterocycles. The fourth-order valence-corrected chi connectivity index (χ4v) is 3.90. The predicted molar refractivity (Wildman–Crippen MR) is 119 cm³/mol. The van der Waals surface area contributed by atoms with Crippen molar-refractivity contribution in [2.24, 2.45) is 0 Å². The standard InChI is InChI=1S/C24H19FN6/c1-26-20-7-6-17-11-16(4-5-18(17)12-20)13-28-23-22(25)24(30-15-29-23)31-10-8-21-19(14-31)3-2-9-27-21/h2-7,9,11-12,15H,8,10,13-14H2,(H,28,29,30). The Labute approximate surface area is 179 Å². The Morgan fingerprint density at radius 2 is 1.94 bits per heavy atom. The van der Waals surface area contributed by atoms with E-state index in [1.54, 1.807) is 12.3 Å². The molecule has 2 aromatic carbocycles. The molecule has 31 heavy (non-hydrogen) atoms. The largest absolute Gasteiger partial charge is 0.363 e. The van der Waals surface area contributed by atoms with Gasteiger partial charge in [0.05, 0.1) is 6.57 Å². The van der Waals surface area contributed by atoms with E-state index >= 15 is 4.39 Å². The van der Waals surface area contributed by atoms with Crippen LogP contribution in [0.25, 0.3) is 15.6 Å². The van der Waals surface area contributed by atoms with Crippen molar-refractivity contribution in [2.45, 2.75) is 19.5 Å². The fraction of sp³-hybridized carbons (Fsp3) is 0.167. The predicted octanol–water partition coefficient (Wildman–Crippen LogP) is 4.89. The second-order valence-corrected chi connectivity index (χ2v) is 7.47. The van der Waals surface area contributed by atoms with Gasteiger partial charge in [0, 0.05) is 37.9 Å². The maximum Gasteiger partial charge on any atom is 0.207 e. The molecule has 152 valence electrons. The van der Waals surface area contributed by atoms with Gasteiger partial charge in [-0.05, 0) is 40.1 Å². The number of rotatable bonds is 4. The summed E-state index contributed by atoms with van der Waals surface area (Å²) in [6.45, 7) is 8.80. The third-order valence-electron chi connectivity index (χ3n) is 5.51. The van der Waals surface area contributed by atoms with E-state index in [9.17, 15) is 0 Å². The molecule has 0 unspecified atom stereocenters. The van der Waals surface area contributed by atoms with Crippen LogP contribution in [0.15, 0.2) is 61.1 Å². The minimum atomic E-state index is -0.447. The number of hydrogen-bond donors (Lipinski definition) is 1. The molecular weight excluding hydrogens is 391 g/mol. The molecule has 0 radical (unpaired) electrons. The van der Waals surface area contributed by atoms with Gasteiger partial charge in [0.2, 0.25) is 5.82 Å². The van der Waals surface area contributed by atoms with E-state index in [2.05, 4.69) is 25.1 Å². The van der Waals surface area contributed by atoms with Gasteiger partial charge in [-0.25, -0.2) is 14.8 Å². The van der Waals surface area contributed by atoms with E-state index in [-0.39, 0.29) is 5.82 Å². The van der Waals surface area contributed by atoms with Crippen LogP contribution in [0.1, 0.15) is 16.8 Å². The van der Waals surface area contributed by atoms with Crippen molar-refractivity contribution in [3.63, 3.8) is 0 Å². The average molecular weight is 410 g/mol. The molecule has 4 aromatic rings. The first-order valence-electron chi connectivity index (χ1n) is 10.0. The van der Waals surface area contributed by atoms with Gasteiger partial charge in [-0.2, -0.15) is 4.39 Å². The SMILES string of the molecule is [C-]#[N+]c1ccc2cc(CNc3ncnc(N4CCc5ncccc5C4)c3F)ccc2c1. The average Bonchev–Trinajstić information content (AvgIpc) is 2.82. The lowest BCUT2D eigenvalue weighted by molar-refractivity contribution is 0.595. The number of fused-ring (bicyclic) bond motifs is 2. The Hall–Kier alpha value is -4.05. The van der Waals surface area contributed by atoms with Crippen molar-refractivity contribution in [3.05, 3.63) is 95.1 Å². The molecule has 0 fully saturated rings. The smallest absolute Gasteiger partial charge is 0.207 e. The van der Waals surface area contributed by atoms with Crippen LogP contribution in [0.4, 0.5) is 21.7 Å². The van der Waals surface area contributed by atoms with Crippen LogP contribution in [0, 0.1) is 12.4 Å². The molecule has 1 N–H and O–H groups in total. The molecule has 2 aromatic heterocycles. The molecule has 0 aliphatic carbocycles.